The second kappa shape index (κ2) is 16.2. The number of nitriles is 1. The zero-order valence-corrected chi connectivity index (χ0v) is 26.5. The number of nitrogens with zero attached hydrogens (tertiary/aromatic N) is 2. The van der Waals surface area contributed by atoms with Gasteiger partial charge in [0.1, 0.15) is 0 Å². The number of nitrogens with one attached hydrogen (secondary N) is 4. The van der Waals surface area contributed by atoms with Crippen LogP contribution >= 0.6 is 11.6 Å². The van der Waals surface area contributed by atoms with E-state index in [-0.39, 0.29) is 59.5 Å². The van der Waals surface area contributed by atoms with Crippen molar-refractivity contribution in [2.75, 3.05) is 40.4 Å². The molecular weight excluding hydrogens is 540 g/mol. The molecule has 0 bridgehead atoms. The molecule has 11 unspecified atom stereocenters. The van der Waals surface area contributed by atoms with Gasteiger partial charge in [-0.1, -0.05) is 6.42 Å². The number of piperidine rings is 2. The number of alkyl halides is 1. The number of halogens is 1. The third-order valence-corrected chi connectivity index (χ3v) is 10.2. The molecule has 2 saturated carbocycles. The summed E-state index contributed by atoms with van der Waals surface area (Å²) in [6.45, 7) is 7.18. The monoisotopic (exact) mass is 594 g/mol. The van der Waals surface area contributed by atoms with Gasteiger partial charge in [0.25, 0.3) is 0 Å². The molecule has 4 N–H and O–H groups in total. The van der Waals surface area contributed by atoms with Gasteiger partial charge in [0.05, 0.1) is 42.2 Å². The predicted molar refractivity (Wildman–Crippen MR) is 163 cm³/mol. The van der Waals surface area contributed by atoms with Crippen LogP contribution in [0.25, 0.3) is 0 Å². The quantitative estimate of drug-likeness (QED) is 0.255. The largest absolute Gasteiger partial charge is 0.376 e. The first kappa shape index (κ1) is 32.9. The van der Waals surface area contributed by atoms with Crippen molar-refractivity contribution in [1.29, 1.82) is 5.26 Å². The Hall–Kier alpha value is -0.990. The summed E-state index contributed by atoms with van der Waals surface area (Å²) in [5.74, 6) is 0.198. The second-order valence-electron chi connectivity index (χ2n) is 13.2. The highest BCUT2D eigenvalue weighted by Crippen LogP contribution is 2.36. The molecule has 0 spiro atoms. The molecule has 0 aromatic heterocycles. The number of carbonyl (C=O) groups excluding carboxylic acids is 1. The van der Waals surface area contributed by atoms with Crippen molar-refractivity contribution in [3.05, 3.63) is 0 Å². The van der Waals surface area contributed by atoms with Gasteiger partial charge in [-0.15, -0.1) is 11.6 Å². The maximum absolute atomic E-state index is 12.9. The summed E-state index contributed by atoms with van der Waals surface area (Å²) < 4.78 is 12.5. The molecule has 0 aromatic carbocycles. The molecule has 2 aliphatic carbocycles. The highest BCUT2D eigenvalue weighted by atomic mass is 35.5. The van der Waals surface area contributed by atoms with Crippen LogP contribution in [0.3, 0.4) is 0 Å². The highest BCUT2D eigenvalue weighted by Gasteiger charge is 2.47. The lowest BCUT2D eigenvalue weighted by molar-refractivity contribution is -0.124. The molecule has 4 rings (SSSR count). The summed E-state index contributed by atoms with van der Waals surface area (Å²) >= 11 is 6.91. The molecule has 2 saturated heterocycles. The minimum absolute atomic E-state index is 0.0210. The standard InChI is InChI=1S/C31H55ClN6O3/c1-5-40-29-16-26-24(15-27(29)37-30(39)10-7-13-38(3)4)31(21(17-33)18-34-26)36-22-11-12-28(25(32)14-22)41-19-23-9-6-8-20(2)35-23/h20-29,31,34-36H,5-16,18-19H2,1-4H3,(H,37,39). The lowest BCUT2D eigenvalue weighted by Gasteiger charge is -2.50. The molecule has 11 atom stereocenters. The Bertz CT molecular complexity index is 858. The topological polar surface area (TPSA) is 111 Å². The van der Waals surface area contributed by atoms with E-state index in [2.05, 4.69) is 39.2 Å². The van der Waals surface area contributed by atoms with E-state index in [0.29, 0.717) is 31.7 Å². The van der Waals surface area contributed by atoms with E-state index in [9.17, 15) is 10.1 Å². The first-order valence-electron chi connectivity index (χ1n) is 16.2. The van der Waals surface area contributed by atoms with E-state index in [4.69, 9.17) is 21.1 Å². The van der Waals surface area contributed by atoms with E-state index >= 15 is 0 Å². The number of rotatable bonds is 12. The molecule has 9 nitrogen and oxygen atoms in total. The van der Waals surface area contributed by atoms with E-state index in [1.165, 1.54) is 19.3 Å². The summed E-state index contributed by atoms with van der Waals surface area (Å²) in [6.07, 6.45) is 9.48. The Balaban J connectivity index is 1.34. The molecular formula is C31H55ClN6O3. The van der Waals surface area contributed by atoms with Crippen molar-refractivity contribution in [2.45, 2.75) is 132 Å². The molecule has 0 radical (unpaired) electrons. The molecule has 10 heteroatoms. The number of ether oxygens (including phenoxy) is 2. The zero-order chi connectivity index (χ0) is 29.4. The van der Waals surface area contributed by atoms with Gasteiger partial charge in [-0.3, -0.25) is 4.79 Å². The van der Waals surface area contributed by atoms with Crippen molar-refractivity contribution >= 4 is 17.5 Å². The van der Waals surface area contributed by atoms with Crippen LogP contribution < -0.4 is 21.3 Å². The fourth-order valence-corrected chi connectivity index (χ4v) is 8.01. The Kier molecular flexibility index (Phi) is 13.0. The maximum atomic E-state index is 12.9. The minimum Gasteiger partial charge on any atom is -0.376 e. The van der Waals surface area contributed by atoms with Gasteiger partial charge in [-0.25, -0.2) is 0 Å². The molecule has 41 heavy (non-hydrogen) atoms. The molecule has 4 fully saturated rings. The Morgan fingerprint density at radius 1 is 1.12 bits per heavy atom. The van der Waals surface area contributed by atoms with Crippen molar-refractivity contribution in [3.8, 4) is 6.07 Å². The van der Waals surface area contributed by atoms with Crippen LogP contribution in [0, 0.1) is 23.2 Å². The van der Waals surface area contributed by atoms with Gasteiger partial charge in [-0.2, -0.15) is 5.26 Å². The van der Waals surface area contributed by atoms with E-state index in [1.807, 2.05) is 21.0 Å². The van der Waals surface area contributed by atoms with Crippen molar-refractivity contribution < 1.29 is 14.3 Å². The third kappa shape index (κ3) is 9.50. The summed E-state index contributed by atoms with van der Waals surface area (Å²) in [6, 6.07) is 4.08. The smallest absolute Gasteiger partial charge is 0.220 e. The number of carbonyl (C=O) groups is 1. The van der Waals surface area contributed by atoms with E-state index < -0.39 is 0 Å². The average molecular weight is 595 g/mol. The highest BCUT2D eigenvalue weighted by molar-refractivity contribution is 6.21. The first-order chi connectivity index (χ1) is 19.8. The number of fused-ring (bicyclic) bond motifs is 1. The fraction of sp³-hybridized carbons (Fsp3) is 0.935. The molecule has 2 aliphatic heterocycles. The second-order valence-corrected chi connectivity index (χ2v) is 13.8. The van der Waals surface area contributed by atoms with Gasteiger partial charge < -0.3 is 35.6 Å². The first-order valence-corrected chi connectivity index (χ1v) is 16.7. The van der Waals surface area contributed by atoms with Crippen LogP contribution in [0.15, 0.2) is 0 Å². The van der Waals surface area contributed by atoms with Crippen LogP contribution in [0.2, 0.25) is 0 Å². The SMILES string of the molecule is CCOC1CC2NCC(C#N)C(NC3CCC(OCC4CCCC(C)N4)C(Cl)C3)C2CC1NC(=O)CCCN(C)C. The zero-order valence-electron chi connectivity index (χ0n) is 25.7. The Morgan fingerprint density at radius 2 is 1.95 bits per heavy atom. The van der Waals surface area contributed by atoms with Crippen LogP contribution in [-0.4, -0.2) is 105 Å². The van der Waals surface area contributed by atoms with Gasteiger partial charge >= 0.3 is 0 Å². The molecule has 234 valence electrons. The van der Waals surface area contributed by atoms with Crippen molar-refractivity contribution in [2.24, 2.45) is 11.8 Å². The van der Waals surface area contributed by atoms with Crippen LogP contribution in [0.5, 0.6) is 0 Å². The molecule has 2 heterocycles. The van der Waals surface area contributed by atoms with Crippen LogP contribution in [-0.2, 0) is 14.3 Å². The maximum Gasteiger partial charge on any atom is 0.220 e. The number of hydrogen-bond acceptors (Lipinski definition) is 8. The van der Waals surface area contributed by atoms with Crippen LogP contribution in [0.1, 0.15) is 78.1 Å². The number of hydrogen-bond donors (Lipinski definition) is 4. The Labute approximate surface area is 253 Å². The van der Waals surface area contributed by atoms with Crippen molar-refractivity contribution in [1.82, 2.24) is 26.2 Å². The van der Waals surface area contributed by atoms with E-state index in [0.717, 1.165) is 51.7 Å². The minimum atomic E-state index is -0.126. The van der Waals surface area contributed by atoms with Crippen LogP contribution in [0.4, 0.5) is 0 Å². The lowest BCUT2D eigenvalue weighted by Crippen LogP contribution is -2.66. The number of amides is 1. The summed E-state index contributed by atoms with van der Waals surface area (Å²) in [7, 11) is 4.06. The van der Waals surface area contributed by atoms with Gasteiger partial charge in [0, 0.05) is 49.8 Å². The molecule has 1 amide bonds. The Morgan fingerprint density at radius 3 is 2.66 bits per heavy atom. The van der Waals surface area contributed by atoms with Gasteiger partial charge in [-0.05, 0) is 91.8 Å². The third-order valence-electron chi connectivity index (χ3n) is 9.74. The normalized spacial score (nSPS) is 39.6. The summed E-state index contributed by atoms with van der Waals surface area (Å²) in [4.78, 5) is 15.0. The van der Waals surface area contributed by atoms with Crippen molar-refractivity contribution in [3.63, 3.8) is 0 Å². The lowest BCUT2D eigenvalue weighted by atomic mass is 9.69. The average Bonchev–Trinajstić information content (AvgIpc) is 2.93. The summed E-state index contributed by atoms with van der Waals surface area (Å²) in [5.41, 5.74) is 0. The molecule has 4 aliphatic rings. The van der Waals surface area contributed by atoms with Gasteiger partial charge in [0.15, 0.2) is 0 Å². The predicted octanol–water partition coefficient (Wildman–Crippen LogP) is 2.77. The van der Waals surface area contributed by atoms with E-state index in [1.54, 1.807) is 0 Å². The molecule has 0 aromatic rings. The fourth-order valence-electron chi connectivity index (χ4n) is 7.59. The van der Waals surface area contributed by atoms with Gasteiger partial charge in [0.2, 0.25) is 5.91 Å². The summed E-state index contributed by atoms with van der Waals surface area (Å²) in [5, 5.41) is 24.6.